The highest BCUT2D eigenvalue weighted by Crippen LogP contribution is 2.49. The van der Waals surface area contributed by atoms with Crippen molar-refractivity contribution in [1.82, 2.24) is 30.2 Å². The number of aliphatic hydroxyl groups is 1. The number of hydrogen-bond donors (Lipinski definition) is 4. The summed E-state index contributed by atoms with van der Waals surface area (Å²) in [6.45, 7) is 5.72. The fraction of sp³-hybridized carbons (Fsp3) is 0.531. The number of fused-ring (bicyclic) bond motifs is 5. The van der Waals surface area contributed by atoms with E-state index in [4.69, 9.17) is 49.5 Å². The standard InChI is InChI=1S/C64H83ClN8O19/c1-38-17-16-20-49(86-10)64(84)36-48(90-60(81)68-64)39(2)56-63(4,92-56)50(35-54(77)72(8)46-33-42(31-38)34-47(85-9)55(46)65)91-58(79)40(3)71(7)51(74)25-30-87-61(82)69(5)28-29-70(6)62(83)88-37-41-21-22-45(67-59(80)89-43-18-14-12-11-13-15-19-43)44(32-41)57(78)66-26-27-73-52(75)23-24-53(73)76/h14,16-18,20-24,32-34,39-40,43,48-50,56,84H,11-13,15,19,25-31,35-37H2,1-10H3,(H,66,78)(H,67,80)(H,68,81)/b18-14+,20-16+,38-17+/t39-,40+,43?,48+,49-,50+,56?,63+,64+/m1/s1. The van der Waals surface area contributed by atoms with Gasteiger partial charge in [0.25, 0.3) is 17.7 Å². The van der Waals surface area contributed by atoms with E-state index in [-0.39, 0.29) is 61.9 Å². The van der Waals surface area contributed by atoms with Gasteiger partial charge >= 0.3 is 30.3 Å². The Hall–Kier alpha value is -8.53. The molecule has 2 aromatic rings. The minimum atomic E-state index is -1.91. The van der Waals surface area contributed by atoms with Crippen LogP contribution >= 0.6 is 11.6 Å². The van der Waals surface area contributed by atoms with Gasteiger partial charge in [-0.3, -0.25) is 39.5 Å². The molecule has 2 unspecified atom stereocenters. The Kier molecular flexibility index (Phi) is 24.4. The molecule has 4 bridgehead atoms. The number of nitrogens with one attached hydrogen (secondary N) is 3. The van der Waals surface area contributed by atoms with Crippen LogP contribution in [0.5, 0.6) is 5.75 Å². The molecule has 92 heavy (non-hydrogen) atoms. The average Bonchev–Trinajstić information content (AvgIpc) is 1.56. The zero-order valence-corrected chi connectivity index (χ0v) is 54.2. The Balaban J connectivity index is 0.927. The van der Waals surface area contributed by atoms with Crippen LogP contribution in [0.3, 0.4) is 0 Å². The van der Waals surface area contributed by atoms with Gasteiger partial charge in [0.05, 0.1) is 43.0 Å². The zero-order chi connectivity index (χ0) is 67.2. The number of rotatable bonds is 19. The van der Waals surface area contributed by atoms with Crippen molar-refractivity contribution in [2.75, 3.05) is 85.4 Å². The van der Waals surface area contributed by atoms with Crippen LogP contribution in [0.15, 0.2) is 78.4 Å². The monoisotopic (exact) mass is 1300 g/mol. The third kappa shape index (κ3) is 18.2. The van der Waals surface area contributed by atoms with E-state index >= 15 is 0 Å². The number of ether oxygens (including phenoxy) is 8. The van der Waals surface area contributed by atoms with Gasteiger partial charge in [-0.2, -0.15) is 0 Å². The lowest BCUT2D eigenvalue weighted by Crippen LogP contribution is -2.63. The molecular weight excluding hydrogens is 1220 g/mol. The Morgan fingerprint density at radius 2 is 1.64 bits per heavy atom. The summed E-state index contributed by atoms with van der Waals surface area (Å²) in [7, 11) is 8.58. The Labute approximate surface area is 539 Å². The molecule has 4 heterocycles. The number of benzene rings is 2. The van der Waals surface area contributed by atoms with Crippen LogP contribution in [0.4, 0.5) is 30.6 Å². The number of alkyl carbamates (subject to hydrolysis) is 1. The number of imide groups is 1. The van der Waals surface area contributed by atoms with Crippen LogP contribution in [-0.4, -0.2) is 208 Å². The first-order chi connectivity index (χ1) is 43.7. The summed E-state index contributed by atoms with van der Waals surface area (Å²) >= 11 is 6.83. The maximum Gasteiger partial charge on any atom is 0.412 e. The van der Waals surface area contributed by atoms with E-state index in [1.807, 2.05) is 25.2 Å². The van der Waals surface area contributed by atoms with Gasteiger partial charge in [0.15, 0.2) is 5.72 Å². The van der Waals surface area contributed by atoms with Gasteiger partial charge in [0.2, 0.25) is 11.8 Å². The Bertz CT molecular complexity index is 3230. The number of likely N-dealkylation sites (N-methyl/N-ethyl adjacent to an activating group) is 3. The molecule has 500 valence electrons. The first-order valence-corrected chi connectivity index (χ1v) is 30.7. The summed E-state index contributed by atoms with van der Waals surface area (Å²) in [5.41, 5.74) is -0.916. The summed E-state index contributed by atoms with van der Waals surface area (Å²) < 4.78 is 46.0. The molecular formula is C64H83ClN8O19. The van der Waals surface area contributed by atoms with E-state index in [2.05, 4.69) is 16.0 Å². The van der Waals surface area contributed by atoms with Gasteiger partial charge in [-0.15, -0.1) is 0 Å². The molecule has 5 aliphatic rings. The van der Waals surface area contributed by atoms with Crippen molar-refractivity contribution >= 4 is 82.9 Å². The minimum absolute atomic E-state index is 0.0153. The van der Waals surface area contributed by atoms with Crippen LogP contribution < -0.4 is 25.6 Å². The van der Waals surface area contributed by atoms with Crippen LogP contribution in [0, 0.1) is 5.92 Å². The number of nitrogens with zero attached hydrogens (tertiary/aromatic N) is 5. The predicted octanol–water partition coefficient (Wildman–Crippen LogP) is 6.33. The molecule has 2 aromatic carbocycles. The van der Waals surface area contributed by atoms with Gasteiger partial charge in [-0.1, -0.05) is 60.9 Å². The first kappa shape index (κ1) is 70.9. The fourth-order valence-corrected chi connectivity index (χ4v) is 11.3. The summed E-state index contributed by atoms with van der Waals surface area (Å²) in [6.07, 6.45) is 7.28. The number of epoxide rings is 1. The molecule has 1 aliphatic carbocycles. The van der Waals surface area contributed by atoms with Crippen LogP contribution in [0.2, 0.25) is 5.02 Å². The fourth-order valence-electron chi connectivity index (χ4n) is 11.0. The minimum Gasteiger partial charge on any atom is -0.495 e. The highest BCUT2D eigenvalue weighted by atomic mass is 35.5. The maximum absolute atomic E-state index is 14.4. The number of halogens is 1. The second kappa shape index (κ2) is 31.7. The smallest absolute Gasteiger partial charge is 0.412 e. The van der Waals surface area contributed by atoms with Gasteiger partial charge in [0, 0.05) is 86.0 Å². The quantitative estimate of drug-likeness (QED) is 0.0392. The van der Waals surface area contributed by atoms with E-state index < -0.39 is 127 Å². The van der Waals surface area contributed by atoms with E-state index in [1.165, 1.54) is 82.2 Å². The van der Waals surface area contributed by atoms with Crippen LogP contribution in [0.1, 0.15) is 101 Å². The SMILES string of the molecule is COc1cc2cc(c1Cl)N(C)C(=O)C[C@H](OC(=O)[C@H](C)N(C)C(=O)CCOC(=O)N(C)CCN(C)C(=O)OCc1ccc(NC(=O)OC3/C=C/CCCCC3)c(C(=O)NCCN3C(=O)C=CC3=O)c1)[C@]1(C)OC1[C@H](C)[C@@H]1C[C@@](O)(NC(=O)O1)[C@H](OC)/C=C/C=C(\C)C2. The maximum atomic E-state index is 14.4. The summed E-state index contributed by atoms with van der Waals surface area (Å²) in [6, 6.07) is 6.65. The molecule has 2 saturated heterocycles. The van der Waals surface area contributed by atoms with Crippen LogP contribution in [-0.2, 0) is 70.2 Å². The van der Waals surface area contributed by atoms with Crippen molar-refractivity contribution in [1.29, 1.82) is 0 Å². The van der Waals surface area contributed by atoms with Gasteiger partial charge in [-0.05, 0) is 94.3 Å². The van der Waals surface area contributed by atoms with E-state index in [9.17, 15) is 53.1 Å². The first-order valence-electron chi connectivity index (χ1n) is 30.4. The number of hydrogen-bond acceptors (Lipinski definition) is 19. The normalized spacial score (nSPS) is 25.5. The number of methoxy groups -OCH3 is 2. The van der Waals surface area contributed by atoms with Crippen molar-refractivity contribution in [3.8, 4) is 5.75 Å². The second-order valence-corrected chi connectivity index (χ2v) is 24.0. The van der Waals surface area contributed by atoms with Crippen molar-refractivity contribution in [3.63, 3.8) is 0 Å². The molecule has 9 atom stereocenters. The van der Waals surface area contributed by atoms with Crippen molar-refractivity contribution in [3.05, 3.63) is 100 Å². The lowest BCUT2D eigenvalue weighted by atomic mass is 9.83. The highest BCUT2D eigenvalue weighted by molar-refractivity contribution is 6.35. The van der Waals surface area contributed by atoms with Gasteiger partial charge in [0.1, 0.15) is 60.0 Å². The van der Waals surface area contributed by atoms with E-state index in [0.29, 0.717) is 29.8 Å². The second-order valence-electron chi connectivity index (χ2n) is 23.6. The summed E-state index contributed by atoms with van der Waals surface area (Å²) in [5.74, 6) is -4.07. The molecule has 2 fully saturated rings. The third-order valence-electron chi connectivity index (χ3n) is 16.9. The van der Waals surface area contributed by atoms with Crippen molar-refractivity contribution in [2.45, 2.75) is 140 Å². The number of anilines is 2. The summed E-state index contributed by atoms with van der Waals surface area (Å²) in [4.78, 5) is 138. The number of allylic oxidation sites excluding steroid dienone is 4. The average molecular weight is 1300 g/mol. The largest absolute Gasteiger partial charge is 0.495 e. The zero-order valence-electron chi connectivity index (χ0n) is 53.5. The van der Waals surface area contributed by atoms with E-state index in [1.54, 1.807) is 38.1 Å². The number of carbonyl (C=O) groups excluding carboxylic acids is 10. The Morgan fingerprint density at radius 3 is 2.34 bits per heavy atom. The molecule has 0 saturated carbocycles. The molecule has 7 rings (SSSR count). The molecule has 0 radical (unpaired) electrons. The van der Waals surface area contributed by atoms with Crippen molar-refractivity contribution < 1.29 is 90.9 Å². The Morgan fingerprint density at radius 1 is 0.935 bits per heavy atom. The highest BCUT2D eigenvalue weighted by Gasteiger charge is 2.64. The third-order valence-corrected chi connectivity index (χ3v) is 17.3. The van der Waals surface area contributed by atoms with Crippen molar-refractivity contribution in [2.24, 2.45) is 5.92 Å². The molecule has 0 aromatic heterocycles. The topological polar surface area (TPSA) is 320 Å². The van der Waals surface area contributed by atoms with Crippen LogP contribution in [0.25, 0.3) is 0 Å². The molecule has 0 spiro atoms. The number of esters is 1. The lowest BCUT2D eigenvalue weighted by Gasteiger charge is -2.42. The summed E-state index contributed by atoms with van der Waals surface area (Å²) in [5, 5.41) is 19.8. The van der Waals surface area contributed by atoms with Gasteiger partial charge in [-0.25, -0.2) is 24.0 Å². The molecule has 4 aliphatic heterocycles. The molecule has 4 N–H and O–H groups in total. The number of carbonyl (C=O) groups is 10. The molecule has 27 nitrogen and oxygen atoms in total. The molecule has 9 amide bonds. The van der Waals surface area contributed by atoms with Gasteiger partial charge < -0.3 is 67.9 Å². The number of amides is 9. The van der Waals surface area contributed by atoms with E-state index in [0.717, 1.165) is 58.8 Å². The molecule has 28 heteroatoms. The predicted molar refractivity (Wildman–Crippen MR) is 333 cm³/mol. The lowest BCUT2D eigenvalue weighted by molar-refractivity contribution is -0.162.